The Morgan fingerprint density at radius 3 is 2.27 bits per heavy atom. The first-order valence-corrected chi connectivity index (χ1v) is 9.61. The maximum Gasteiger partial charge on any atom is 0.188 e. The third kappa shape index (κ3) is 3.77. The second kappa shape index (κ2) is 5.86. The normalized spacial score (nSPS) is 11.5. The number of benzene rings is 1. The molecule has 0 unspecified atom stereocenters. The van der Waals surface area contributed by atoms with Gasteiger partial charge in [0.2, 0.25) is 0 Å². The van der Waals surface area contributed by atoms with E-state index in [1.165, 1.54) is 9.24 Å². The van der Waals surface area contributed by atoms with E-state index in [-0.39, 0.29) is 0 Å². The van der Waals surface area contributed by atoms with Gasteiger partial charge in [-0.05, 0) is 16.2 Å². The van der Waals surface area contributed by atoms with Gasteiger partial charge in [0.15, 0.2) is 6.79 Å². The molecule has 0 aliphatic heterocycles. The smallest absolute Gasteiger partial charge is 0.188 e. The lowest BCUT2D eigenvalue weighted by molar-refractivity contribution is 0.0511. The van der Waals surface area contributed by atoms with Crippen molar-refractivity contribution in [2.24, 2.45) is 0 Å². The van der Waals surface area contributed by atoms with Crippen molar-refractivity contribution < 1.29 is 9.47 Å². The largest absolute Gasteiger partial charge is 0.468 e. The molecule has 0 saturated carbocycles. The molecule has 0 radical (unpaired) electrons. The highest BCUT2D eigenvalue weighted by Crippen LogP contribution is 2.12. The van der Waals surface area contributed by atoms with E-state index in [4.69, 9.17) is 9.47 Å². The molecule has 0 aromatic heterocycles. The van der Waals surface area contributed by atoms with Crippen LogP contribution >= 0.6 is 22.6 Å². The summed E-state index contributed by atoms with van der Waals surface area (Å²) < 4.78 is 11.4. The van der Waals surface area contributed by atoms with Crippen molar-refractivity contribution in [3.05, 3.63) is 24.3 Å². The Hall–Kier alpha value is -0.0731. The van der Waals surface area contributed by atoms with Gasteiger partial charge >= 0.3 is 0 Å². The van der Waals surface area contributed by atoms with Crippen LogP contribution in [0.2, 0.25) is 13.1 Å². The lowest BCUT2D eigenvalue weighted by Crippen LogP contribution is -2.43. The molecule has 2 nitrogen and oxygen atoms in total. The minimum atomic E-state index is -1.21. The van der Waals surface area contributed by atoms with Gasteiger partial charge in [0.1, 0.15) is 5.75 Å². The zero-order valence-electron chi connectivity index (χ0n) is 9.42. The zero-order valence-corrected chi connectivity index (χ0v) is 12.6. The molecule has 1 rings (SSSR count). The third-order valence-electron chi connectivity index (χ3n) is 2.31. The summed E-state index contributed by atoms with van der Waals surface area (Å²) in [6.07, 6.45) is 0. The van der Waals surface area contributed by atoms with Crippen LogP contribution in [0.3, 0.4) is 0 Å². The fourth-order valence-corrected chi connectivity index (χ4v) is 3.75. The van der Waals surface area contributed by atoms with Crippen molar-refractivity contribution in [2.75, 3.05) is 18.0 Å². The molecule has 0 N–H and O–H groups in total. The van der Waals surface area contributed by atoms with Gasteiger partial charge in [0, 0.05) is 7.11 Å². The molecule has 0 atom stereocenters. The number of ether oxygens (including phenoxy) is 2. The number of hydrogen-bond acceptors (Lipinski definition) is 2. The maximum absolute atomic E-state index is 5.35. The van der Waals surface area contributed by atoms with Crippen LogP contribution in [-0.2, 0) is 4.74 Å². The van der Waals surface area contributed by atoms with Crippen molar-refractivity contribution in [3.63, 3.8) is 0 Å². The van der Waals surface area contributed by atoms with E-state index in [2.05, 4.69) is 47.8 Å². The van der Waals surface area contributed by atoms with Crippen molar-refractivity contribution in [1.29, 1.82) is 0 Å². The van der Waals surface area contributed by atoms with Crippen LogP contribution in [-0.4, -0.2) is 26.0 Å². The topological polar surface area (TPSA) is 18.5 Å². The van der Waals surface area contributed by atoms with Gasteiger partial charge in [-0.3, -0.25) is 0 Å². The Labute approximate surface area is 106 Å². The predicted molar refractivity (Wildman–Crippen MR) is 74.9 cm³/mol. The standard InChI is InChI=1S/C11H17IO2Si/c1-13-9-14-10-4-6-11(7-5-10)15(2,3)8-12/h4-7H,8-9H2,1-3H3. The Bertz CT molecular complexity index is 298. The van der Waals surface area contributed by atoms with E-state index in [0.717, 1.165) is 5.75 Å². The van der Waals surface area contributed by atoms with Gasteiger partial charge in [0.05, 0.1) is 8.07 Å². The molecule has 0 saturated heterocycles. The number of rotatable bonds is 5. The van der Waals surface area contributed by atoms with E-state index in [0.29, 0.717) is 6.79 Å². The van der Waals surface area contributed by atoms with Crippen molar-refractivity contribution >= 4 is 35.9 Å². The van der Waals surface area contributed by atoms with E-state index < -0.39 is 8.07 Å². The summed E-state index contributed by atoms with van der Waals surface area (Å²) in [5.74, 6) is 0.874. The van der Waals surface area contributed by atoms with Crippen LogP contribution in [0.5, 0.6) is 5.75 Å². The van der Waals surface area contributed by atoms with Gasteiger partial charge in [-0.15, -0.1) is 0 Å². The Kier molecular flexibility index (Phi) is 5.08. The number of halogens is 1. The van der Waals surface area contributed by atoms with E-state index in [1.807, 2.05) is 12.1 Å². The molecular formula is C11H17IO2Si. The van der Waals surface area contributed by atoms with Gasteiger partial charge in [-0.2, -0.15) is 0 Å². The highest BCUT2D eigenvalue weighted by atomic mass is 127. The molecule has 1 aromatic carbocycles. The maximum atomic E-state index is 5.35. The number of methoxy groups -OCH3 is 1. The molecule has 0 fully saturated rings. The molecule has 0 aliphatic rings. The van der Waals surface area contributed by atoms with Crippen molar-refractivity contribution in [1.82, 2.24) is 0 Å². The molecule has 0 heterocycles. The summed E-state index contributed by atoms with van der Waals surface area (Å²) in [6, 6.07) is 8.40. The summed E-state index contributed by atoms with van der Waals surface area (Å²) in [4.78, 5) is 0. The van der Waals surface area contributed by atoms with E-state index in [9.17, 15) is 0 Å². The summed E-state index contributed by atoms with van der Waals surface area (Å²) in [6.45, 7) is 5.07. The summed E-state index contributed by atoms with van der Waals surface area (Å²) in [7, 11) is 0.418. The predicted octanol–water partition coefficient (Wildman–Crippen LogP) is 2.56. The summed E-state index contributed by atoms with van der Waals surface area (Å²) in [5.41, 5.74) is 0. The van der Waals surface area contributed by atoms with E-state index >= 15 is 0 Å². The van der Waals surface area contributed by atoms with Crippen molar-refractivity contribution in [3.8, 4) is 5.75 Å². The monoisotopic (exact) mass is 336 g/mol. The first kappa shape index (κ1) is 13.0. The van der Waals surface area contributed by atoms with Gasteiger partial charge in [-0.1, -0.05) is 53.0 Å². The molecule has 0 spiro atoms. The molecular weight excluding hydrogens is 319 g/mol. The molecule has 0 amide bonds. The average Bonchev–Trinajstić information content (AvgIpc) is 2.27. The highest BCUT2D eigenvalue weighted by Gasteiger charge is 2.21. The van der Waals surface area contributed by atoms with Crippen LogP contribution in [0.25, 0.3) is 0 Å². The third-order valence-corrected chi connectivity index (χ3v) is 10.6. The minimum Gasteiger partial charge on any atom is -0.468 e. The fraction of sp³-hybridized carbons (Fsp3) is 0.455. The molecule has 1 aromatic rings. The van der Waals surface area contributed by atoms with E-state index in [1.54, 1.807) is 7.11 Å². The minimum absolute atomic E-state index is 0.312. The molecule has 84 valence electrons. The quantitative estimate of drug-likeness (QED) is 0.356. The average molecular weight is 336 g/mol. The zero-order chi connectivity index (χ0) is 11.3. The van der Waals surface area contributed by atoms with Crippen LogP contribution in [0.1, 0.15) is 0 Å². The van der Waals surface area contributed by atoms with Crippen molar-refractivity contribution in [2.45, 2.75) is 13.1 Å². The summed E-state index contributed by atoms with van der Waals surface area (Å²) in [5, 5.41) is 1.47. The SMILES string of the molecule is COCOc1ccc([Si](C)(C)CI)cc1. The van der Waals surface area contributed by atoms with Crippen LogP contribution < -0.4 is 9.92 Å². The molecule has 15 heavy (non-hydrogen) atoms. The number of alkyl halides is 1. The number of hydrogen-bond donors (Lipinski definition) is 0. The Balaban J connectivity index is 2.72. The lowest BCUT2D eigenvalue weighted by atomic mass is 10.3. The van der Waals surface area contributed by atoms with Crippen LogP contribution in [0.15, 0.2) is 24.3 Å². The highest BCUT2D eigenvalue weighted by molar-refractivity contribution is 14.1. The Morgan fingerprint density at radius 2 is 1.80 bits per heavy atom. The van der Waals surface area contributed by atoms with Gasteiger partial charge in [0.25, 0.3) is 0 Å². The fourth-order valence-electron chi connectivity index (χ4n) is 1.21. The molecule has 0 bridgehead atoms. The van der Waals surface area contributed by atoms with Gasteiger partial charge < -0.3 is 9.47 Å². The van der Waals surface area contributed by atoms with Gasteiger partial charge in [-0.25, -0.2) is 0 Å². The Morgan fingerprint density at radius 1 is 1.20 bits per heavy atom. The molecule has 4 heteroatoms. The lowest BCUT2D eigenvalue weighted by Gasteiger charge is -2.19. The van der Waals surface area contributed by atoms with Crippen LogP contribution in [0.4, 0.5) is 0 Å². The second-order valence-electron chi connectivity index (χ2n) is 4.09. The summed E-state index contributed by atoms with van der Waals surface area (Å²) >= 11 is 2.48. The first-order chi connectivity index (χ1) is 7.10. The molecule has 0 aliphatic carbocycles. The second-order valence-corrected chi connectivity index (χ2v) is 11.0. The first-order valence-electron chi connectivity index (χ1n) is 4.88. The van der Waals surface area contributed by atoms with Crippen LogP contribution in [0, 0.1) is 0 Å².